The highest BCUT2D eigenvalue weighted by molar-refractivity contribution is 5.81. The van der Waals surface area contributed by atoms with Crippen LogP contribution in [0.1, 0.15) is 23.7 Å². The molecule has 0 bridgehead atoms. The zero-order valence-corrected chi connectivity index (χ0v) is 14.4. The summed E-state index contributed by atoms with van der Waals surface area (Å²) in [5, 5.41) is 1.15. The van der Waals surface area contributed by atoms with Gasteiger partial charge in [0, 0.05) is 5.39 Å². The highest BCUT2D eigenvalue weighted by Gasteiger charge is 2.07. The zero-order valence-electron chi connectivity index (χ0n) is 14.4. The molecular formula is C20H22N2O2. The first-order chi connectivity index (χ1) is 11.7. The molecule has 1 heterocycles. The molecule has 0 aliphatic heterocycles. The minimum atomic E-state index is 0.853. The first kappa shape index (κ1) is 16.2. The van der Waals surface area contributed by atoms with Crippen molar-refractivity contribution in [2.45, 2.75) is 26.2 Å². The first-order valence-electron chi connectivity index (χ1n) is 8.18. The van der Waals surface area contributed by atoms with Gasteiger partial charge in [-0.1, -0.05) is 13.0 Å². The van der Waals surface area contributed by atoms with Crippen LogP contribution in [0.3, 0.4) is 0 Å². The average Bonchev–Trinajstić information content (AvgIpc) is 2.65. The minimum absolute atomic E-state index is 0.853. The first-order valence-corrected chi connectivity index (χ1v) is 8.18. The summed E-state index contributed by atoms with van der Waals surface area (Å²) in [6.45, 7) is 2.12. The maximum Gasteiger partial charge on any atom is 0.122 e. The van der Waals surface area contributed by atoms with E-state index in [2.05, 4.69) is 35.1 Å². The van der Waals surface area contributed by atoms with Crippen LogP contribution in [0.4, 0.5) is 0 Å². The molecule has 0 saturated carbocycles. The van der Waals surface area contributed by atoms with Gasteiger partial charge in [0.05, 0.1) is 25.4 Å². The fraction of sp³-hybridized carbons (Fsp3) is 0.300. The largest absolute Gasteiger partial charge is 0.497 e. The summed E-state index contributed by atoms with van der Waals surface area (Å²) >= 11 is 0. The van der Waals surface area contributed by atoms with Gasteiger partial charge in [0.1, 0.15) is 17.8 Å². The Bertz CT molecular complexity index is 846. The van der Waals surface area contributed by atoms with Crippen molar-refractivity contribution in [3.8, 4) is 11.5 Å². The zero-order chi connectivity index (χ0) is 16.9. The topological polar surface area (TPSA) is 44.2 Å². The van der Waals surface area contributed by atoms with Crippen molar-refractivity contribution in [1.29, 1.82) is 0 Å². The Balaban J connectivity index is 1.85. The monoisotopic (exact) mass is 322 g/mol. The van der Waals surface area contributed by atoms with Gasteiger partial charge in [0.15, 0.2) is 0 Å². The van der Waals surface area contributed by atoms with Gasteiger partial charge in [0.25, 0.3) is 0 Å². The fourth-order valence-corrected chi connectivity index (χ4v) is 2.95. The Hall–Kier alpha value is -2.62. The third-order valence-corrected chi connectivity index (χ3v) is 4.29. The SMILES string of the molecule is CCc1ncnc2ccc(CCc3cc(OC)ccc3OC)cc12. The molecule has 4 heteroatoms. The molecule has 0 radical (unpaired) electrons. The number of aromatic nitrogens is 2. The quantitative estimate of drug-likeness (QED) is 0.688. The summed E-state index contributed by atoms with van der Waals surface area (Å²) in [4.78, 5) is 8.74. The molecule has 3 rings (SSSR count). The standard InChI is InChI=1S/C20H22N2O2/c1-4-18-17-11-14(6-9-19(17)22-13-21-18)5-7-15-12-16(23-2)8-10-20(15)24-3/h6,8-13H,4-5,7H2,1-3H3. The van der Waals surface area contributed by atoms with Crippen LogP contribution in [0, 0.1) is 0 Å². The molecule has 0 saturated heterocycles. The minimum Gasteiger partial charge on any atom is -0.497 e. The van der Waals surface area contributed by atoms with Crippen LogP contribution in [-0.2, 0) is 19.3 Å². The summed E-state index contributed by atoms with van der Waals surface area (Å²) in [6, 6.07) is 12.3. The van der Waals surface area contributed by atoms with Gasteiger partial charge in [-0.3, -0.25) is 0 Å². The number of benzene rings is 2. The summed E-state index contributed by atoms with van der Waals surface area (Å²) in [5.74, 6) is 1.75. The van der Waals surface area contributed by atoms with Crippen LogP contribution < -0.4 is 9.47 Å². The van der Waals surface area contributed by atoms with Gasteiger partial charge in [-0.15, -0.1) is 0 Å². The lowest BCUT2D eigenvalue weighted by Gasteiger charge is -2.11. The molecule has 0 atom stereocenters. The van der Waals surface area contributed by atoms with Gasteiger partial charge >= 0.3 is 0 Å². The Morgan fingerprint density at radius 1 is 0.917 bits per heavy atom. The molecule has 2 aromatic carbocycles. The Morgan fingerprint density at radius 3 is 2.54 bits per heavy atom. The van der Waals surface area contributed by atoms with Crippen LogP contribution in [0.2, 0.25) is 0 Å². The van der Waals surface area contributed by atoms with Crippen molar-refractivity contribution >= 4 is 10.9 Å². The van der Waals surface area contributed by atoms with Gasteiger partial charge in [-0.2, -0.15) is 0 Å². The predicted octanol–water partition coefficient (Wildman–Crippen LogP) is 3.99. The second kappa shape index (κ2) is 7.30. The summed E-state index contributed by atoms with van der Waals surface area (Å²) in [5.41, 5.74) is 4.53. The number of aryl methyl sites for hydroxylation is 3. The highest BCUT2D eigenvalue weighted by atomic mass is 16.5. The molecule has 4 nitrogen and oxygen atoms in total. The molecule has 0 aliphatic carbocycles. The van der Waals surface area contributed by atoms with Crippen LogP contribution >= 0.6 is 0 Å². The fourth-order valence-electron chi connectivity index (χ4n) is 2.95. The second-order valence-corrected chi connectivity index (χ2v) is 5.70. The van der Waals surface area contributed by atoms with Crippen molar-refractivity contribution in [3.05, 3.63) is 59.5 Å². The normalized spacial score (nSPS) is 10.8. The molecule has 1 aromatic heterocycles. The molecule has 0 amide bonds. The second-order valence-electron chi connectivity index (χ2n) is 5.70. The Kier molecular flexibility index (Phi) is 4.94. The molecule has 3 aromatic rings. The third-order valence-electron chi connectivity index (χ3n) is 4.29. The lowest BCUT2D eigenvalue weighted by molar-refractivity contribution is 0.398. The summed E-state index contributed by atoms with van der Waals surface area (Å²) in [7, 11) is 3.38. The highest BCUT2D eigenvalue weighted by Crippen LogP contribution is 2.26. The number of hydrogen-bond donors (Lipinski definition) is 0. The van der Waals surface area contributed by atoms with Crippen molar-refractivity contribution in [3.63, 3.8) is 0 Å². The van der Waals surface area contributed by atoms with E-state index in [1.807, 2.05) is 18.2 Å². The van der Waals surface area contributed by atoms with Gasteiger partial charge in [-0.25, -0.2) is 9.97 Å². The lowest BCUT2D eigenvalue weighted by atomic mass is 10.0. The van der Waals surface area contributed by atoms with Gasteiger partial charge in [0.2, 0.25) is 0 Å². The predicted molar refractivity (Wildman–Crippen MR) is 95.9 cm³/mol. The van der Waals surface area contributed by atoms with Crippen LogP contribution in [0.15, 0.2) is 42.7 Å². The Morgan fingerprint density at radius 2 is 1.79 bits per heavy atom. The van der Waals surface area contributed by atoms with Crippen LogP contribution in [0.25, 0.3) is 10.9 Å². The van der Waals surface area contributed by atoms with Gasteiger partial charge in [-0.05, 0) is 60.7 Å². The van der Waals surface area contributed by atoms with Gasteiger partial charge < -0.3 is 9.47 Å². The molecular weight excluding hydrogens is 300 g/mol. The van der Waals surface area contributed by atoms with Crippen molar-refractivity contribution in [1.82, 2.24) is 9.97 Å². The number of hydrogen-bond acceptors (Lipinski definition) is 4. The summed E-state index contributed by atoms with van der Waals surface area (Å²) < 4.78 is 10.8. The van der Waals surface area contributed by atoms with E-state index in [0.29, 0.717) is 0 Å². The molecule has 124 valence electrons. The molecule has 0 N–H and O–H groups in total. The third kappa shape index (κ3) is 3.32. The molecule has 0 aliphatic rings. The molecule has 0 unspecified atom stereocenters. The number of ether oxygens (including phenoxy) is 2. The number of fused-ring (bicyclic) bond motifs is 1. The van der Waals surface area contributed by atoms with E-state index in [0.717, 1.165) is 52.9 Å². The number of methoxy groups -OCH3 is 2. The van der Waals surface area contributed by atoms with E-state index in [1.165, 1.54) is 5.56 Å². The maximum atomic E-state index is 5.46. The average molecular weight is 322 g/mol. The van der Waals surface area contributed by atoms with Crippen LogP contribution in [-0.4, -0.2) is 24.2 Å². The number of nitrogens with zero attached hydrogens (tertiary/aromatic N) is 2. The lowest BCUT2D eigenvalue weighted by Crippen LogP contribution is -1.98. The van der Waals surface area contributed by atoms with E-state index < -0.39 is 0 Å². The molecule has 24 heavy (non-hydrogen) atoms. The van der Waals surface area contributed by atoms with Crippen molar-refractivity contribution in [2.75, 3.05) is 14.2 Å². The van der Waals surface area contributed by atoms with E-state index in [9.17, 15) is 0 Å². The van der Waals surface area contributed by atoms with Crippen LogP contribution in [0.5, 0.6) is 11.5 Å². The van der Waals surface area contributed by atoms with E-state index >= 15 is 0 Å². The summed E-state index contributed by atoms with van der Waals surface area (Å²) in [6.07, 6.45) is 4.37. The van der Waals surface area contributed by atoms with E-state index in [4.69, 9.17) is 9.47 Å². The molecule has 0 spiro atoms. The maximum absolute atomic E-state index is 5.46. The number of rotatable bonds is 6. The molecule has 0 fully saturated rings. The van der Waals surface area contributed by atoms with Crippen molar-refractivity contribution in [2.24, 2.45) is 0 Å². The van der Waals surface area contributed by atoms with Crippen molar-refractivity contribution < 1.29 is 9.47 Å². The smallest absolute Gasteiger partial charge is 0.122 e. The Labute approximate surface area is 142 Å². The van der Waals surface area contributed by atoms with E-state index in [-0.39, 0.29) is 0 Å². The van der Waals surface area contributed by atoms with E-state index in [1.54, 1.807) is 20.5 Å².